The molecule has 98 valence electrons. The molecule has 0 radical (unpaired) electrons. The Hall–Kier alpha value is -0.940. The van der Waals surface area contributed by atoms with E-state index < -0.39 is 0 Å². The highest BCUT2D eigenvalue weighted by atomic mass is 35.5. The summed E-state index contributed by atoms with van der Waals surface area (Å²) in [5.74, 6) is 2.94. The van der Waals surface area contributed by atoms with Crippen LogP contribution in [0.15, 0.2) is 23.3 Å². The first kappa shape index (κ1) is 13.5. The third kappa shape index (κ3) is 4.07. The molecule has 0 bridgehead atoms. The SMILES string of the molecule is NC(=NCCc1ccc(Cl)nc1)N1CCSCC1. The van der Waals surface area contributed by atoms with Gasteiger partial charge in [-0.25, -0.2) is 4.98 Å². The monoisotopic (exact) mass is 284 g/mol. The van der Waals surface area contributed by atoms with Gasteiger partial charge < -0.3 is 10.6 Å². The number of aromatic nitrogens is 1. The Balaban J connectivity index is 1.81. The van der Waals surface area contributed by atoms with Crippen LogP contribution in [0.1, 0.15) is 5.56 Å². The molecule has 1 fully saturated rings. The van der Waals surface area contributed by atoms with Gasteiger partial charge in [0.15, 0.2) is 5.96 Å². The molecule has 1 saturated heterocycles. The summed E-state index contributed by atoms with van der Waals surface area (Å²) in [6, 6.07) is 3.77. The van der Waals surface area contributed by atoms with Gasteiger partial charge in [-0.2, -0.15) is 11.8 Å². The summed E-state index contributed by atoms with van der Waals surface area (Å²) in [7, 11) is 0. The van der Waals surface area contributed by atoms with Crippen LogP contribution in [-0.4, -0.2) is 47.0 Å². The fraction of sp³-hybridized carbons (Fsp3) is 0.500. The highest BCUT2D eigenvalue weighted by Gasteiger charge is 2.11. The van der Waals surface area contributed by atoms with Gasteiger partial charge in [0.25, 0.3) is 0 Å². The molecule has 0 aliphatic carbocycles. The predicted molar refractivity (Wildman–Crippen MR) is 78.3 cm³/mol. The highest BCUT2D eigenvalue weighted by molar-refractivity contribution is 7.99. The molecule has 0 unspecified atom stereocenters. The second kappa shape index (κ2) is 6.85. The summed E-state index contributed by atoms with van der Waals surface area (Å²) in [6.45, 7) is 2.70. The molecule has 2 rings (SSSR count). The zero-order valence-corrected chi connectivity index (χ0v) is 11.8. The van der Waals surface area contributed by atoms with Gasteiger partial charge in [-0.15, -0.1) is 0 Å². The van der Waals surface area contributed by atoms with E-state index in [-0.39, 0.29) is 0 Å². The van der Waals surface area contributed by atoms with Gasteiger partial charge in [0, 0.05) is 37.3 Å². The molecule has 0 amide bonds. The van der Waals surface area contributed by atoms with Crippen molar-refractivity contribution in [1.29, 1.82) is 0 Å². The maximum atomic E-state index is 5.97. The first-order chi connectivity index (χ1) is 8.75. The molecule has 0 atom stereocenters. The average molecular weight is 285 g/mol. The van der Waals surface area contributed by atoms with E-state index in [4.69, 9.17) is 17.3 Å². The highest BCUT2D eigenvalue weighted by Crippen LogP contribution is 2.09. The Morgan fingerprint density at radius 2 is 2.22 bits per heavy atom. The van der Waals surface area contributed by atoms with Crippen molar-refractivity contribution in [3.8, 4) is 0 Å². The zero-order valence-electron chi connectivity index (χ0n) is 10.2. The van der Waals surface area contributed by atoms with Crippen LogP contribution in [0.4, 0.5) is 0 Å². The van der Waals surface area contributed by atoms with Crippen molar-refractivity contribution >= 4 is 29.3 Å². The number of thioether (sulfide) groups is 1. The summed E-state index contributed by atoms with van der Waals surface area (Å²) < 4.78 is 0. The third-order valence-electron chi connectivity index (χ3n) is 2.80. The van der Waals surface area contributed by atoms with Crippen molar-refractivity contribution in [2.45, 2.75) is 6.42 Å². The van der Waals surface area contributed by atoms with E-state index in [2.05, 4.69) is 14.9 Å². The number of hydrogen-bond donors (Lipinski definition) is 1. The maximum absolute atomic E-state index is 5.97. The molecule has 0 aromatic carbocycles. The van der Waals surface area contributed by atoms with Crippen molar-refractivity contribution in [1.82, 2.24) is 9.88 Å². The van der Waals surface area contributed by atoms with E-state index in [0.29, 0.717) is 17.7 Å². The molecule has 1 aliphatic heterocycles. The lowest BCUT2D eigenvalue weighted by atomic mass is 10.2. The van der Waals surface area contributed by atoms with Crippen molar-refractivity contribution in [2.75, 3.05) is 31.1 Å². The van der Waals surface area contributed by atoms with Crippen LogP contribution in [0.5, 0.6) is 0 Å². The average Bonchev–Trinajstić information content (AvgIpc) is 2.42. The van der Waals surface area contributed by atoms with Crippen LogP contribution in [0.2, 0.25) is 5.15 Å². The molecule has 6 heteroatoms. The number of halogens is 1. The summed E-state index contributed by atoms with van der Waals surface area (Å²) in [4.78, 5) is 10.6. The van der Waals surface area contributed by atoms with E-state index in [1.165, 1.54) is 0 Å². The van der Waals surface area contributed by atoms with E-state index >= 15 is 0 Å². The summed E-state index contributed by atoms with van der Waals surface area (Å²) in [5, 5.41) is 0.521. The maximum Gasteiger partial charge on any atom is 0.191 e. The standard InChI is InChI=1S/C12H17ClN4S/c13-11-2-1-10(9-16-11)3-4-15-12(14)17-5-7-18-8-6-17/h1-2,9H,3-8H2,(H2,14,15). The Bertz CT molecular complexity index is 401. The number of rotatable bonds is 3. The van der Waals surface area contributed by atoms with Crippen LogP contribution in [0.25, 0.3) is 0 Å². The topological polar surface area (TPSA) is 54.5 Å². The molecule has 4 nitrogen and oxygen atoms in total. The minimum absolute atomic E-state index is 0.521. The van der Waals surface area contributed by atoms with Gasteiger partial charge in [-0.3, -0.25) is 4.99 Å². The summed E-state index contributed by atoms with van der Waals surface area (Å²) >= 11 is 7.70. The van der Waals surface area contributed by atoms with Crippen molar-refractivity contribution in [3.63, 3.8) is 0 Å². The minimum atomic E-state index is 0.521. The number of pyridine rings is 1. The number of guanidine groups is 1. The van der Waals surface area contributed by atoms with Gasteiger partial charge in [0.1, 0.15) is 5.15 Å². The first-order valence-electron chi connectivity index (χ1n) is 5.99. The number of nitrogens with two attached hydrogens (primary N) is 1. The second-order valence-corrected chi connectivity index (χ2v) is 5.69. The molecule has 2 N–H and O–H groups in total. The lowest BCUT2D eigenvalue weighted by Gasteiger charge is -2.27. The van der Waals surface area contributed by atoms with Gasteiger partial charge in [0.2, 0.25) is 0 Å². The lowest BCUT2D eigenvalue weighted by Crippen LogP contribution is -2.42. The van der Waals surface area contributed by atoms with Crippen LogP contribution in [0.3, 0.4) is 0 Å². The summed E-state index contributed by atoms with van der Waals surface area (Å²) in [6.07, 6.45) is 2.62. The molecule has 1 aromatic heterocycles. The first-order valence-corrected chi connectivity index (χ1v) is 7.52. The van der Waals surface area contributed by atoms with Crippen LogP contribution < -0.4 is 5.73 Å². The number of aliphatic imine (C=N–C) groups is 1. The second-order valence-electron chi connectivity index (χ2n) is 4.08. The molecule has 2 heterocycles. The fourth-order valence-corrected chi connectivity index (χ4v) is 2.76. The normalized spacial score (nSPS) is 16.9. The minimum Gasteiger partial charge on any atom is -0.370 e. The zero-order chi connectivity index (χ0) is 12.8. The van der Waals surface area contributed by atoms with Crippen molar-refractivity contribution in [2.24, 2.45) is 10.7 Å². The van der Waals surface area contributed by atoms with Crippen LogP contribution >= 0.6 is 23.4 Å². The number of nitrogens with zero attached hydrogens (tertiary/aromatic N) is 3. The molecular formula is C12H17ClN4S. The largest absolute Gasteiger partial charge is 0.370 e. The molecule has 1 aliphatic rings. The quantitative estimate of drug-likeness (QED) is 0.521. The molecule has 1 aromatic rings. The molecule has 0 spiro atoms. The van der Waals surface area contributed by atoms with E-state index in [1.807, 2.05) is 17.8 Å². The van der Waals surface area contributed by atoms with E-state index in [0.717, 1.165) is 36.6 Å². The van der Waals surface area contributed by atoms with Gasteiger partial charge >= 0.3 is 0 Å². The predicted octanol–water partition coefficient (Wildman–Crippen LogP) is 1.64. The van der Waals surface area contributed by atoms with E-state index in [1.54, 1.807) is 12.3 Å². The smallest absolute Gasteiger partial charge is 0.191 e. The molecule has 0 saturated carbocycles. The Morgan fingerprint density at radius 1 is 1.44 bits per heavy atom. The van der Waals surface area contributed by atoms with Gasteiger partial charge in [-0.05, 0) is 18.1 Å². The van der Waals surface area contributed by atoms with Crippen molar-refractivity contribution in [3.05, 3.63) is 29.0 Å². The lowest BCUT2D eigenvalue weighted by molar-refractivity contribution is 0.456. The Morgan fingerprint density at radius 3 is 2.89 bits per heavy atom. The Kier molecular flexibility index (Phi) is 5.13. The Labute approximate surface area is 117 Å². The van der Waals surface area contributed by atoms with Gasteiger partial charge in [-0.1, -0.05) is 17.7 Å². The fourth-order valence-electron chi connectivity index (χ4n) is 1.75. The number of hydrogen-bond acceptors (Lipinski definition) is 3. The van der Waals surface area contributed by atoms with Crippen LogP contribution in [-0.2, 0) is 6.42 Å². The van der Waals surface area contributed by atoms with E-state index in [9.17, 15) is 0 Å². The molecule has 18 heavy (non-hydrogen) atoms. The van der Waals surface area contributed by atoms with Crippen LogP contribution in [0, 0.1) is 0 Å². The summed E-state index contributed by atoms with van der Waals surface area (Å²) in [5.41, 5.74) is 7.10. The molecular weight excluding hydrogens is 268 g/mol. The van der Waals surface area contributed by atoms with Crippen molar-refractivity contribution < 1.29 is 0 Å². The third-order valence-corrected chi connectivity index (χ3v) is 3.96. The van der Waals surface area contributed by atoms with Gasteiger partial charge in [0.05, 0.1) is 0 Å².